The van der Waals surface area contributed by atoms with E-state index in [0.29, 0.717) is 6.42 Å². The largest absolute Gasteiger partial charge is 0.345 e. The zero-order chi connectivity index (χ0) is 13.8. The summed E-state index contributed by atoms with van der Waals surface area (Å²) in [4.78, 5) is 16.3. The summed E-state index contributed by atoms with van der Waals surface area (Å²) in [5.41, 5.74) is 4.10. The summed E-state index contributed by atoms with van der Waals surface area (Å²) in [7, 11) is 0. The Labute approximate surface area is 115 Å². The molecule has 0 aromatic carbocycles. The molecular weight excluding hydrogens is 250 g/mol. The molecular formula is C15H11N5. The van der Waals surface area contributed by atoms with E-state index in [1.165, 1.54) is 6.08 Å². The molecule has 0 saturated heterocycles. The van der Waals surface area contributed by atoms with Crippen molar-refractivity contribution < 1.29 is 0 Å². The number of hydrogen-bond donors (Lipinski definition) is 1. The minimum absolute atomic E-state index is 0.647. The monoisotopic (exact) mass is 261 g/mol. The van der Waals surface area contributed by atoms with E-state index in [4.69, 9.17) is 5.26 Å². The quantitative estimate of drug-likeness (QED) is 0.735. The Bertz CT molecular complexity index is 796. The predicted octanol–water partition coefficient (Wildman–Crippen LogP) is 2.64. The number of allylic oxidation sites excluding steroid dienone is 2. The maximum absolute atomic E-state index is 8.52. The van der Waals surface area contributed by atoms with Crippen LogP contribution in [0.4, 0.5) is 0 Å². The van der Waals surface area contributed by atoms with Gasteiger partial charge in [0.05, 0.1) is 18.0 Å². The Morgan fingerprint density at radius 2 is 2.20 bits per heavy atom. The lowest BCUT2D eigenvalue weighted by Gasteiger charge is -2.00. The second kappa shape index (κ2) is 5.33. The zero-order valence-corrected chi connectivity index (χ0v) is 10.6. The highest BCUT2D eigenvalue weighted by molar-refractivity contribution is 5.77. The Morgan fingerprint density at radius 3 is 3.00 bits per heavy atom. The fraction of sp³-hybridized carbons (Fsp3) is 0.0667. The van der Waals surface area contributed by atoms with Crippen LogP contribution >= 0.6 is 0 Å². The van der Waals surface area contributed by atoms with Crippen molar-refractivity contribution in [2.75, 3.05) is 0 Å². The molecule has 0 aliphatic heterocycles. The molecule has 3 aromatic rings. The molecule has 0 aliphatic rings. The maximum Gasteiger partial charge on any atom is 0.156 e. The molecule has 96 valence electrons. The van der Waals surface area contributed by atoms with Crippen molar-refractivity contribution in [3.8, 4) is 17.5 Å². The topological polar surface area (TPSA) is 78.2 Å². The number of fused-ring (bicyclic) bond motifs is 1. The van der Waals surface area contributed by atoms with E-state index < -0.39 is 0 Å². The number of rotatable bonds is 3. The highest BCUT2D eigenvalue weighted by Gasteiger charge is 2.08. The molecule has 0 fully saturated rings. The number of nitriles is 1. The highest BCUT2D eigenvalue weighted by atomic mass is 14.9. The van der Waals surface area contributed by atoms with Gasteiger partial charge in [0.25, 0.3) is 0 Å². The summed E-state index contributed by atoms with van der Waals surface area (Å²) in [5, 5.41) is 8.52. The number of hydrogen-bond acceptors (Lipinski definition) is 4. The Hall–Kier alpha value is -3.00. The SMILES string of the molecule is N#C/C=C/Cc1c[nH]c2ncc(-c3ccccn3)nc12. The first-order valence-electron chi connectivity index (χ1n) is 6.17. The molecule has 0 aliphatic carbocycles. The minimum Gasteiger partial charge on any atom is -0.345 e. The average molecular weight is 261 g/mol. The van der Waals surface area contributed by atoms with Crippen LogP contribution in [-0.2, 0) is 6.42 Å². The van der Waals surface area contributed by atoms with Crippen LogP contribution in [-0.4, -0.2) is 19.9 Å². The molecule has 0 spiro atoms. The summed E-state index contributed by atoms with van der Waals surface area (Å²) in [6.45, 7) is 0. The fourth-order valence-corrected chi connectivity index (χ4v) is 1.97. The summed E-state index contributed by atoms with van der Waals surface area (Å²) in [5.74, 6) is 0. The van der Waals surface area contributed by atoms with Crippen LogP contribution in [0.15, 0.2) is 48.9 Å². The number of nitrogens with one attached hydrogen (secondary N) is 1. The van der Waals surface area contributed by atoms with Crippen LogP contribution in [0.25, 0.3) is 22.6 Å². The molecule has 0 unspecified atom stereocenters. The van der Waals surface area contributed by atoms with Crippen molar-refractivity contribution in [1.29, 1.82) is 5.26 Å². The molecule has 20 heavy (non-hydrogen) atoms. The number of pyridine rings is 1. The van der Waals surface area contributed by atoms with Gasteiger partial charge in [0.2, 0.25) is 0 Å². The van der Waals surface area contributed by atoms with Gasteiger partial charge in [-0.1, -0.05) is 12.1 Å². The molecule has 0 bridgehead atoms. The van der Waals surface area contributed by atoms with E-state index in [0.717, 1.165) is 28.1 Å². The van der Waals surface area contributed by atoms with Crippen molar-refractivity contribution in [1.82, 2.24) is 19.9 Å². The molecule has 0 amide bonds. The van der Waals surface area contributed by atoms with Gasteiger partial charge >= 0.3 is 0 Å². The molecule has 5 nitrogen and oxygen atoms in total. The van der Waals surface area contributed by atoms with E-state index in [9.17, 15) is 0 Å². The van der Waals surface area contributed by atoms with Crippen LogP contribution in [0.1, 0.15) is 5.56 Å². The second-order valence-electron chi connectivity index (χ2n) is 4.22. The standard InChI is InChI=1S/C15H11N5/c16-7-3-1-5-11-9-18-15-14(11)20-13(10-19-15)12-6-2-4-8-17-12/h1-4,6,8-10H,5H2,(H,18,19)/b3-1+. The highest BCUT2D eigenvalue weighted by Crippen LogP contribution is 2.19. The average Bonchev–Trinajstić information content (AvgIpc) is 2.91. The van der Waals surface area contributed by atoms with Gasteiger partial charge in [-0.05, 0) is 18.6 Å². The first-order chi connectivity index (χ1) is 9.88. The van der Waals surface area contributed by atoms with Crippen molar-refractivity contribution in [3.63, 3.8) is 0 Å². The van der Waals surface area contributed by atoms with Crippen LogP contribution in [0, 0.1) is 11.3 Å². The minimum atomic E-state index is 0.647. The lowest BCUT2D eigenvalue weighted by molar-refractivity contribution is 1.22. The van der Waals surface area contributed by atoms with Crippen LogP contribution < -0.4 is 0 Å². The Kier molecular flexibility index (Phi) is 3.21. The third-order valence-corrected chi connectivity index (χ3v) is 2.92. The third kappa shape index (κ3) is 2.27. The van der Waals surface area contributed by atoms with Gasteiger partial charge in [0, 0.05) is 24.0 Å². The lowest BCUT2D eigenvalue weighted by atomic mass is 10.2. The van der Waals surface area contributed by atoms with Gasteiger partial charge in [0.1, 0.15) is 11.2 Å². The Morgan fingerprint density at radius 1 is 1.25 bits per heavy atom. The van der Waals surface area contributed by atoms with Gasteiger partial charge in [-0.2, -0.15) is 5.26 Å². The van der Waals surface area contributed by atoms with E-state index in [2.05, 4.69) is 19.9 Å². The van der Waals surface area contributed by atoms with Crippen molar-refractivity contribution >= 4 is 11.2 Å². The van der Waals surface area contributed by atoms with Crippen molar-refractivity contribution in [2.45, 2.75) is 6.42 Å². The van der Waals surface area contributed by atoms with E-state index in [1.54, 1.807) is 18.5 Å². The zero-order valence-electron chi connectivity index (χ0n) is 10.6. The summed E-state index contributed by atoms with van der Waals surface area (Å²) in [6.07, 6.45) is 9.22. The third-order valence-electron chi connectivity index (χ3n) is 2.92. The van der Waals surface area contributed by atoms with Gasteiger partial charge in [-0.15, -0.1) is 0 Å². The van der Waals surface area contributed by atoms with Crippen molar-refractivity contribution in [2.24, 2.45) is 0 Å². The predicted molar refractivity (Wildman–Crippen MR) is 75.6 cm³/mol. The molecule has 1 N–H and O–H groups in total. The summed E-state index contributed by atoms with van der Waals surface area (Å²) >= 11 is 0. The molecule has 0 radical (unpaired) electrons. The normalized spacial score (nSPS) is 10.9. The van der Waals surface area contributed by atoms with E-state index in [1.807, 2.05) is 30.5 Å². The number of H-pyrrole nitrogens is 1. The maximum atomic E-state index is 8.52. The first-order valence-corrected chi connectivity index (χ1v) is 6.17. The van der Waals surface area contributed by atoms with Crippen molar-refractivity contribution in [3.05, 3.63) is 54.5 Å². The number of aromatic amines is 1. The van der Waals surface area contributed by atoms with Gasteiger partial charge in [-0.25, -0.2) is 9.97 Å². The lowest BCUT2D eigenvalue weighted by Crippen LogP contribution is -1.90. The van der Waals surface area contributed by atoms with Crippen LogP contribution in [0.2, 0.25) is 0 Å². The number of aromatic nitrogens is 4. The van der Waals surface area contributed by atoms with Gasteiger partial charge < -0.3 is 4.98 Å². The smallest absolute Gasteiger partial charge is 0.156 e. The molecule has 0 saturated carbocycles. The first kappa shape index (κ1) is 12.1. The van der Waals surface area contributed by atoms with Gasteiger partial charge in [-0.3, -0.25) is 4.98 Å². The second-order valence-corrected chi connectivity index (χ2v) is 4.22. The van der Waals surface area contributed by atoms with Crippen LogP contribution in [0.5, 0.6) is 0 Å². The summed E-state index contributed by atoms with van der Waals surface area (Å²) < 4.78 is 0. The van der Waals surface area contributed by atoms with E-state index >= 15 is 0 Å². The summed E-state index contributed by atoms with van der Waals surface area (Å²) in [6, 6.07) is 7.66. The molecule has 3 aromatic heterocycles. The van der Waals surface area contributed by atoms with Crippen LogP contribution in [0.3, 0.4) is 0 Å². The molecule has 5 heteroatoms. The number of nitrogens with zero attached hydrogens (tertiary/aromatic N) is 4. The molecule has 3 heterocycles. The molecule has 3 rings (SSSR count). The molecule has 0 atom stereocenters. The van der Waals surface area contributed by atoms with E-state index in [-0.39, 0.29) is 0 Å². The fourth-order valence-electron chi connectivity index (χ4n) is 1.97. The Balaban J connectivity index is 2.04. The van der Waals surface area contributed by atoms with Gasteiger partial charge in [0.15, 0.2) is 5.65 Å².